The molecule has 0 heterocycles. The van der Waals surface area contributed by atoms with Gasteiger partial charge in [-0.15, -0.1) is 0 Å². The predicted octanol–water partition coefficient (Wildman–Crippen LogP) is 3.44. The molecular formula is C28H42N2O6. The van der Waals surface area contributed by atoms with Crippen LogP contribution in [-0.2, 0) is 14.4 Å². The Morgan fingerprint density at radius 2 is 1.89 bits per heavy atom. The number of fused-ring (bicyclic) bond motifs is 5. The molecule has 8 nitrogen and oxygen atoms in total. The maximum atomic E-state index is 12.1. The molecule has 7 atom stereocenters. The standard InChI is InChI=1S/C28H42N2O6/c1-25(2,23(32)24(33)34)16-29-22(31)15-36-30-18-8-11-26(3)17(14-18)6-7-19-20(26)9-12-27(4)21(19)10-13-28(27,5)35/h8,11,14,19-21,23,32,35H,6-7,9-10,12-13,15-16H2,1-5H3,(H,29,31)(H,33,34)/t19-,20+,21-,23-,26+,27+,28+/m1/s1. The van der Waals surface area contributed by atoms with Crippen LogP contribution in [0.4, 0.5) is 0 Å². The van der Waals surface area contributed by atoms with E-state index in [1.807, 2.05) is 13.0 Å². The van der Waals surface area contributed by atoms with Crippen LogP contribution in [0.1, 0.15) is 73.1 Å². The zero-order chi connectivity index (χ0) is 26.5. The Hall–Kier alpha value is -2.19. The third kappa shape index (κ3) is 4.51. The number of amides is 1. The van der Waals surface area contributed by atoms with E-state index in [4.69, 9.17) is 9.94 Å². The van der Waals surface area contributed by atoms with Gasteiger partial charge in [-0.25, -0.2) is 4.79 Å². The molecule has 0 aliphatic heterocycles. The number of hydrogen-bond acceptors (Lipinski definition) is 6. The fourth-order valence-corrected chi connectivity index (χ4v) is 7.48. The molecule has 3 saturated carbocycles. The second-order valence-electron chi connectivity index (χ2n) is 12.8. The quantitative estimate of drug-likeness (QED) is 0.395. The zero-order valence-corrected chi connectivity index (χ0v) is 22.2. The summed E-state index contributed by atoms with van der Waals surface area (Å²) in [6, 6.07) is 0. The molecule has 4 aliphatic rings. The smallest absolute Gasteiger partial charge is 0.333 e. The van der Waals surface area contributed by atoms with E-state index in [1.54, 1.807) is 13.8 Å². The molecule has 4 aliphatic carbocycles. The Balaban J connectivity index is 1.35. The number of nitrogens with zero attached hydrogens (tertiary/aromatic N) is 1. The minimum absolute atomic E-state index is 0.000429. The van der Waals surface area contributed by atoms with E-state index in [2.05, 4.69) is 36.5 Å². The van der Waals surface area contributed by atoms with Crippen LogP contribution in [-0.4, -0.2) is 57.8 Å². The summed E-state index contributed by atoms with van der Waals surface area (Å²) in [5, 5.41) is 36.6. The lowest BCUT2D eigenvalue weighted by molar-refractivity contribution is -0.153. The summed E-state index contributed by atoms with van der Waals surface area (Å²) in [4.78, 5) is 28.4. The molecule has 0 radical (unpaired) electrons. The van der Waals surface area contributed by atoms with Gasteiger partial charge in [-0.05, 0) is 80.8 Å². The van der Waals surface area contributed by atoms with E-state index in [1.165, 1.54) is 5.57 Å². The van der Waals surface area contributed by atoms with Gasteiger partial charge in [0, 0.05) is 17.4 Å². The van der Waals surface area contributed by atoms with Gasteiger partial charge in [0.05, 0.1) is 5.60 Å². The average molecular weight is 503 g/mol. The fraction of sp³-hybridized carbons (Fsp3) is 0.750. The van der Waals surface area contributed by atoms with Crippen LogP contribution in [0.2, 0.25) is 0 Å². The first kappa shape index (κ1) is 26.9. The van der Waals surface area contributed by atoms with E-state index in [0.29, 0.717) is 23.5 Å². The Bertz CT molecular complexity index is 998. The molecule has 3 fully saturated rings. The maximum Gasteiger partial charge on any atom is 0.333 e. The van der Waals surface area contributed by atoms with Gasteiger partial charge >= 0.3 is 5.97 Å². The number of aliphatic carboxylic acids is 1. The van der Waals surface area contributed by atoms with Gasteiger partial charge in [0.2, 0.25) is 0 Å². The lowest BCUT2D eigenvalue weighted by Crippen LogP contribution is -2.53. The second-order valence-corrected chi connectivity index (χ2v) is 12.8. The molecule has 4 N–H and O–H groups in total. The van der Waals surface area contributed by atoms with Crippen molar-refractivity contribution in [1.29, 1.82) is 0 Å². The number of carboxylic acids is 1. The zero-order valence-electron chi connectivity index (χ0n) is 22.2. The van der Waals surface area contributed by atoms with E-state index in [0.717, 1.165) is 38.5 Å². The third-order valence-electron chi connectivity index (χ3n) is 10.2. The number of rotatable bonds is 7. The number of allylic oxidation sites excluding steroid dienone is 4. The first-order chi connectivity index (χ1) is 16.7. The van der Waals surface area contributed by atoms with E-state index < -0.39 is 29.0 Å². The van der Waals surface area contributed by atoms with Crippen molar-refractivity contribution < 1.29 is 29.7 Å². The first-order valence-corrected chi connectivity index (χ1v) is 13.2. The highest BCUT2D eigenvalue weighted by molar-refractivity contribution is 6.05. The van der Waals surface area contributed by atoms with E-state index in [-0.39, 0.29) is 24.0 Å². The lowest BCUT2D eigenvalue weighted by Gasteiger charge is -2.58. The minimum atomic E-state index is -1.58. The van der Waals surface area contributed by atoms with E-state index >= 15 is 0 Å². The van der Waals surface area contributed by atoms with Gasteiger partial charge < -0.3 is 25.5 Å². The number of aliphatic hydroxyl groups excluding tert-OH is 1. The molecule has 0 unspecified atom stereocenters. The molecular weight excluding hydrogens is 460 g/mol. The van der Waals surface area contributed by atoms with Gasteiger partial charge in [-0.1, -0.05) is 44.5 Å². The Morgan fingerprint density at radius 1 is 1.19 bits per heavy atom. The lowest BCUT2D eigenvalue weighted by atomic mass is 9.47. The van der Waals surface area contributed by atoms with Gasteiger partial charge in [0.25, 0.3) is 5.91 Å². The Morgan fingerprint density at radius 3 is 2.58 bits per heavy atom. The molecule has 0 bridgehead atoms. The highest BCUT2D eigenvalue weighted by Gasteiger charge is 2.62. The van der Waals surface area contributed by atoms with Crippen molar-refractivity contribution in [2.45, 2.75) is 84.8 Å². The summed E-state index contributed by atoms with van der Waals surface area (Å²) in [6.07, 6.45) is 11.1. The third-order valence-corrected chi connectivity index (χ3v) is 10.2. The number of carbonyl (C=O) groups excluding carboxylic acids is 1. The number of hydrogen-bond donors (Lipinski definition) is 4. The van der Waals surface area contributed by atoms with Crippen molar-refractivity contribution in [2.24, 2.45) is 39.2 Å². The Labute approximate surface area is 213 Å². The predicted molar refractivity (Wildman–Crippen MR) is 136 cm³/mol. The fourth-order valence-electron chi connectivity index (χ4n) is 7.48. The van der Waals surface area contributed by atoms with Crippen molar-refractivity contribution in [3.05, 3.63) is 23.8 Å². The van der Waals surface area contributed by atoms with Crippen LogP contribution in [0.15, 0.2) is 29.0 Å². The summed E-state index contributed by atoms with van der Waals surface area (Å²) in [5.74, 6) is -0.0187. The minimum Gasteiger partial charge on any atom is -0.479 e. The first-order valence-electron chi connectivity index (χ1n) is 13.2. The maximum absolute atomic E-state index is 12.1. The molecule has 4 rings (SSSR count). The molecule has 0 spiro atoms. The highest BCUT2D eigenvalue weighted by Crippen LogP contribution is 2.66. The van der Waals surface area contributed by atoms with Crippen molar-refractivity contribution in [3.8, 4) is 0 Å². The number of carboxylic acid groups (broad SMARTS) is 1. The van der Waals surface area contributed by atoms with Crippen molar-refractivity contribution in [2.75, 3.05) is 13.2 Å². The van der Waals surface area contributed by atoms with Crippen LogP contribution in [0.5, 0.6) is 0 Å². The molecule has 0 aromatic rings. The largest absolute Gasteiger partial charge is 0.479 e. The van der Waals surface area contributed by atoms with Crippen LogP contribution in [0.25, 0.3) is 0 Å². The van der Waals surface area contributed by atoms with E-state index in [9.17, 15) is 19.8 Å². The van der Waals surface area contributed by atoms with Crippen LogP contribution >= 0.6 is 0 Å². The van der Waals surface area contributed by atoms with Crippen molar-refractivity contribution >= 4 is 17.6 Å². The van der Waals surface area contributed by atoms with Crippen LogP contribution < -0.4 is 5.32 Å². The summed E-state index contributed by atoms with van der Waals surface area (Å²) in [5.41, 5.74) is 0.434. The molecule has 0 saturated heterocycles. The highest BCUT2D eigenvalue weighted by atomic mass is 16.6. The normalized spacial score (nSPS) is 39.5. The summed E-state index contributed by atoms with van der Waals surface area (Å²) < 4.78 is 0. The second kappa shape index (κ2) is 9.28. The number of aliphatic hydroxyl groups is 2. The molecule has 0 aromatic carbocycles. The van der Waals surface area contributed by atoms with Gasteiger partial charge in [-0.2, -0.15) is 0 Å². The van der Waals surface area contributed by atoms with Crippen LogP contribution in [0, 0.1) is 34.0 Å². The van der Waals surface area contributed by atoms with Gasteiger partial charge in [-0.3, -0.25) is 4.79 Å². The summed E-state index contributed by atoms with van der Waals surface area (Å²) >= 11 is 0. The molecule has 0 aromatic heterocycles. The summed E-state index contributed by atoms with van der Waals surface area (Å²) in [6.45, 7) is 9.52. The monoisotopic (exact) mass is 502 g/mol. The number of nitrogens with one attached hydrogen (secondary N) is 1. The van der Waals surface area contributed by atoms with Gasteiger partial charge in [0.1, 0.15) is 5.71 Å². The number of carbonyl (C=O) groups is 2. The Kier molecular flexibility index (Phi) is 6.92. The molecule has 8 heteroatoms. The topological polar surface area (TPSA) is 128 Å². The molecule has 200 valence electrons. The van der Waals surface area contributed by atoms with Crippen molar-refractivity contribution in [1.82, 2.24) is 5.32 Å². The average Bonchev–Trinajstić information content (AvgIpc) is 3.06. The van der Waals surface area contributed by atoms with Crippen molar-refractivity contribution in [3.63, 3.8) is 0 Å². The SMILES string of the molecule is CC(C)(CNC(=O)CON=C1C=C[C@@]2(C)C(=C1)CC[C@H]1[C@H]3CC[C@](C)(O)[C@@]3(C)CC[C@@H]12)[C@H](O)C(=O)O. The molecule has 36 heavy (non-hydrogen) atoms. The summed E-state index contributed by atoms with van der Waals surface area (Å²) in [7, 11) is 0. The molecule has 1 amide bonds. The van der Waals surface area contributed by atoms with Gasteiger partial charge in [0.15, 0.2) is 12.7 Å². The van der Waals surface area contributed by atoms with Crippen LogP contribution in [0.3, 0.4) is 0 Å². The number of oxime groups is 1.